The van der Waals surface area contributed by atoms with Crippen molar-refractivity contribution in [2.75, 3.05) is 27.9 Å². The summed E-state index contributed by atoms with van der Waals surface area (Å²) in [5, 5.41) is 0.702. The number of hydrogen-bond donors (Lipinski definition) is 0. The molecule has 7 heteroatoms. The van der Waals surface area contributed by atoms with Gasteiger partial charge in [-0.2, -0.15) is 0 Å². The van der Waals surface area contributed by atoms with E-state index in [-0.39, 0.29) is 6.61 Å². The largest absolute Gasteiger partial charge is 0.497 e. The predicted octanol–water partition coefficient (Wildman–Crippen LogP) is 3.03. The summed E-state index contributed by atoms with van der Waals surface area (Å²) in [5.41, 5.74) is 0.792. The molecule has 3 aromatic rings. The summed E-state index contributed by atoms with van der Waals surface area (Å²) >= 11 is 0. The fourth-order valence-corrected chi connectivity index (χ4v) is 2.59. The van der Waals surface area contributed by atoms with E-state index in [4.69, 9.17) is 18.6 Å². The first-order valence-electron chi connectivity index (χ1n) is 8.05. The van der Waals surface area contributed by atoms with Gasteiger partial charge in [0.25, 0.3) is 0 Å². The third kappa shape index (κ3) is 3.87. The number of esters is 1. The molecule has 0 N–H and O–H groups in total. The van der Waals surface area contributed by atoms with E-state index >= 15 is 0 Å². The molecule has 0 unspecified atom stereocenters. The molecule has 0 atom stereocenters. The number of benzene rings is 2. The summed E-state index contributed by atoms with van der Waals surface area (Å²) < 4.78 is 25.8. The Morgan fingerprint density at radius 2 is 1.70 bits per heavy atom. The zero-order valence-electron chi connectivity index (χ0n) is 15.1. The lowest BCUT2D eigenvalue weighted by Gasteiger charge is -2.10. The van der Waals surface area contributed by atoms with Crippen molar-refractivity contribution in [3.05, 3.63) is 52.9 Å². The topological polar surface area (TPSA) is 84.2 Å². The Kier molecular flexibility index (Phi) is 5.30. The first-order valence-corrected chi connectivity index (χ1v) is 8.05. The second-order valence-corrected chi connectivity index (χ2v) is 5.58. The average molecular weight is 370 g/mol. The molecule has 0 fully saturated rings. The van der Waals surface area contributed by atoms with Crippen LogP contribution in [0.1, 0.15) is 0 Å². The van der Waals surface area contributed by atoms with Crippen molar-refractivity contribution >= 4 is 16.9 Å². The fourth-order valence-electron chi connectivity index (χ4n) is 2.59. The Hall–Kier alpha value is -3.48. The summed E-state index contributed by atoms with van der Waals surface area (Å²) in [7, 11) is 4.35. The SMILES string of the molecule is COC(=O)COc1ccc2cc(-c3ccc(OC)cc3OC)c(=O)oc2c1. The van der Waals surface area contributed by atoms with Crippen molar-refractivity contribution in [2.45, 2.75) is 0 Å². The third-order valence-electron chi connectivity index (χ3n) is 3.99. The average Bonchev–Trinajstić information content (AvgIpc) is 2.70. The molecule has 0 aliphatic rings. The van der Waals surface area contributed by atoms with E-state index in [1.807, 2.05) is 0 Å². The quantitative estimate of drug-likeness (QED) is 0.487. The Bertz CT molecular complexity index is 1040. The van der Waals surface area contributed by atoms with Crippen LogP contribution >= 0.6 is 0 Å². The molecule has 0 saturated heterocycles. The third-order valence-corrected chi connectivity index (χ3v) is 3.99. The van der Waals surface area contributed by atoms with Gasteiger partial charge in [0.15, 0.2) is 6.61 Å². The van der Waals surface area contributed by atoms with Crippen LogP contribution in [-0.4, -0.2) is 33.9 Å². The molecule has 7 nitrogen and oxygen atoms in total. The van der Waals surface area contributed by atoms with Crippen LogP contribution in [0.2, 0.25) is 0 Å². The number of carbonyl (C=O) groups excluding carboxylic acids is 1. The molecule has 0 bridgehead atoms. The summed E-state index contributed by atoms with van der Waals surface area (Å²) in [4.78, 5) is 23.7. The molecule has 1 heterocycles. The van der Waals surface area contributed by atoms with Crippen LogP contribution in [0.5, 0.6) is 17.2 Å². The molecule has 1 aromatic heterocycles. The van der Waals surface area contributed by atoms with Crippen LogP contribution in [0.3, 0.4) is 0 Å². The standard InChI is InChI=1S/C20H18O7/c1-23-13-6-7-15(18(9-13)24-2)16-8-12-4-5-14(26-11-19(21)25-3)10-17(12)27-20(16)22/h4-10H,11H2,1-3H3. The number of rotatable bonds is 6. The Balaban J connectivity index is 2.00. The highest BCUT2D eigenvalue weighted by Gasteiger charge is 2.14. The van der Waals surface area contributed by atoms with Crippen LogP contribution in [0, 0.1) is 0 Å². The molecular formula is C20H18O7. The monoisotopic (exact) mass is 370 g/mol. The molecule has 3 rings (SSSR count). The first kappa shape index (κ1) is 18.3. The Morgan fingerprint density at radius 1 is 0.926 bits per heavy atom. The summed E-state index contributed by atoms with van der Waals surface area (Å²) in [6, 6.07) is 11.9. The maximum atomic E-state index is 12.5. The predicted molar refractivity (Wildman–Crippen MR) is 98.5 cm³/mol. The van der Waals surface area contributed by atoms with Crippen molar-refractivity contribution in [2.24, 2.45) is 0 Å². The van der Waals surface area contributed by atoms with Crippen molar-refractivity contribution in [3.8, 4) is 28.4 Å². The van der Waals surface area contributed by atoms with E-state index in [0.717, 1.165) is 0 Å². The van der Waals surface area contributed by atoms with E-state index in [0.29, 0.717) is 39.3 Å². The van der Waals surface area contributed by atoms with Crippen molar-refractivity contribution in [3.63, 3.8) is 0 Å². The number of fused-ring (bicyclic) bond motifs is 1. The lowest BCUT2D eigenvalue weighted by Crippen LogP contribution is -2.12. The highest BCUT2D eigenvalue weighted by atomic mass is 16.6. The fraction of sp³-hybridized carbons (Fsp3) is 0.200. The minimum Gasteiger partial charge on any atom is -0.497 e. The maximum Gasteiger partial charge on any atom is 0.344 e. The number of methoxy groups -OCH3 is 3. The Morgan fingerprint density at radius 3 is 2.41 bits per heavy atom. The minimum absolute atomic E-state index is 0.229. The summed E-state index contributed by atoms with van der Waals surface area (Å²) in [5.74, 6) is 1.01. The van der Waals surface area contributed by atoms with Gasteiger partial charge in [0.05, 0.1) is 26.9 Å². The second-order valence-electron chi connectivity index (χ2n) is 5.58. The van der Waals surface area contributed by atoms with E-state index in [9.17, 15) is 9.59 Å². The van der Waals surface area contributed by atoms with Gasteiger partial charge in [-0.05, 0) is 30.3 Å². The molecule has 0 radical (unpaired) electrons. The van der Waals surface area contributed by atoms with E-state index in [1.165, 1.54) is 14.2 Å². The van der Waals surface area contributed by atoms with Crippen molar-refractivity contribution < 1.29 is 28.2 Å². The van der Waals surface area contributed by atoms with E-state index in [1.54, 1.807) is 49.6 Å². The summed E-state index contributed by atoms with van der Waals surface area (Å²) in [6.45, 7) is -0.229. The van der Waals surface area contributed by atoms with Crippen LogP contribution < -0.4 is 19.8 Å². The molecule has 0 aliphatic heterocycles. The van der Waals surface area contributed by atoms with Crippen LogP contribution in [0.15, 0.2) is 51.7 Å². The highest BCUT2D eigenvalue weighted by Crippen LogP contribution is 2.33. The van der Waals surface area contributed by atoms with Crippen molar-refractivity contribution in [1.82, 2.24) is 0 Å². The Labute approximate surface area is 155 Å². The second kappa shape index (κ2) is 7.82. The maximum absolute atomic E-state index is 12.5. The molecule has 0 saturated carbocycles. The molecule has 2 aromatic carbocycles. The first-order chi connectivity index (χ1) is 13.0. The molecule has 27 heavy (non-hydrogen) atoms. The molecular weight excluding hydrogens is 352 g/mol. The summed E-state index contributed by atoms with van der Waals surface area (Å²) in [6.07, 6.45) is 0. The molecule has 0 aliphatic carbocycles. The van der Waals surface area contributed by atoms with Gasteiger partial charge in [-0.3, -0.25) is 0 Å². The smallest absolute Gasteiger partial charge is 0.344 e. The zero-order valence-corrected chi connectivity index (χ0v) is 15.1. The minimum atomic E-state index is -0.518. The zero-order chi connectivity index (χ0) is 19.4. The van der Waals surface area contributed by atoms with Gasteiger partial charge in [-0.15, -0.1) is 0 Å². The lowest BCUT2D eigenvalue weighted by molar-refractivity contribution is -0.142. The molecule has 0 spiro atoms. The van der Waals surface area contributed by atoms with Gasteiger partial charge < -0.3 is 23.4 Å². The highest BCUT2D eigenvalue weighted by molar-refractivity contribution is 5.84. The van der Waals surface area contributed by atoms with Gasteiger partial charge in [-0.25, -0.2) is 9.59 Å². The van der Waals surface area contributed by atoms with Gasteiger partial charge >= 0.3 is 11.6 Å². The van der Waals surface area contributed by atoms with Crippen LogP contribution in [0.4, 0.5) is 0 Å². The van der Waals surface area contributed by atoms with E-state index in [2.05, 4.69) is 4.74 Å². The normalized spacial score (nSPS) is 10.5. The van der Waals surface area contributed by atoms with Gasteiger partial charge in [0.1, 0.15) is 22.8 Å². The van der Waals surface area contributed by atoms with Gasteiger partial charge in [0, 0.05) is 23.1 Å². The molecule has 140 valence electrons. The van der Waals surface area contributed by atoms with Gasteiger partial charge in [-0.1, -0.05) is 0 Å². The van der Waals surface area contributed by atoms with Crippen molar-refractivity contribution in [1.29, 1.82) is 0 Å². The van der Waals surface area contributed by atoms with E-state index < -0.39 is 11.6 Å². The number of hydrogen-bond acceptors (Lipinski definition) is 7. The number of carbonyl (C=O) groups is 1. The van der Waals surface area contributed by atoms with Crippen LogP contribution in [-0.2, 0) is 9.53 Å². The van der Waals surface area contributed by atoms with Gasteiger partial charge in [0.2, 0.25) is 0 Å². The number of ether oxygens (including phenoxy) is 4. The lowest BCUT2D eigenvalue weighted by atomic mass is 10.0. The molecule has 0 amide bonds. The van der Waals surface area contributed by atoms with Crippen LogP contribution in [0.25, 0.3) is 22.1 Å².